The molecule has 1 rings (SSSR count). The van der Waals surface area contributed by atoms with Crippen molar-refractivity contribution in [2.45, 2.75) is 38.5 Å². The van der Waals surface area contributed by atoms with Crippen LogP contribution in [0, 0.1) is 0 Å². The van der Waals surface area contributed by atoms with Gasteiger partial charge in [0.1, 0.15) is 12.9 Å². The van der Waals surface area contributed by atoms with E-state index in [4.69, 9.17) is 4.74 Å². The topological polar surface area (TPSA) is 41.6 Å². The van der Waals surface area contributed by atoms with Gasteiger partial charge in [0.2, 0.25) is 0 Å². The van der Waals surface area contributed by atoms with Crippen molar-refractivity contribution in [2.75, 3.05) is 19.8 Å². The Hall–Kier alpha value is -0.680. The van der Waals surface area contributed by atoms with Crippen LogP contribution in [-0.2, 0) is 9.53 Å². The Balaban J connectivity index is 2.33. The molecule has 1 aliphatic rings. The Kier molecular flexibility index (Phi) is 4.98. The van der Waals surface area contributed by atoms with Crippen LogP contribution < -0.4 is 5.32 Å². The lowest BCUT2D eigenvalue weighted by molar-refractivity contribution is -0.134. The van der Waals surface area contributed by atoms with Gasteiger partial charge in [0, 0.05) is 25.2 Å². The maximum absolute atomic E-state index is 12.9. The van der Waals surface area contributed by atoms with E-state index in [-0.39, 0.29) is 18.8 Å². The smallest absolute Gasteiger partial charge is 0.294 e. The molecule has 2 atom stereocenters. The Bertz CT molecular complexity index is 202. The molecule has 88 valence electrons. The number of halogens is 1. The third kappa shape index (κ3) is 4.13. The van der Waals surface area contributed by atoms with Gasteiger partial charge in [-0.15, -0.1) is 0 Å². The number of ether oxygens (including phenoxy) is 1. The minimum absolute atomic E-state index is 0.164. The van der Waals surface area contributed by atoms with Crippen LogP contribution in [0.2, 0.25) is 0 Å². The molecule has 1 fully saturated rings. The van der Waals surface area contributed by atoms with Crippen LogP contribution in [0.25, 0.3) is 0 Å². The van der Waals surface area contributed by atoms with Gasteiger partial charge < -0.3 is 10.1 Å². The first-order valence-electron chi connectivity index (χ1n) is 5.30. The maximum atomic E-state index is 12.9. The number of carbonyl (C=O) groups excluding carboxylic acids is 1. The zero-order valence-corrected chi connectivity index (χ0v) is 9.28. The van der Waals surface area contributed by atoms with Gasteiger partial charge in [-0.25, -0.2) is 4.39 Å². The summed E-state index contributed by atoms with van der Waals surface area (Å²) in [7, 11) is 0. The fourth-order valence-electron chi connectivity index (χ4n) is 1.73. The second-order valence-electron chi connectivity index (χ2n) is 4.20. The average Bonchev–Trinajstić information content (AvgIpc) is 2.58. The molecule has 15 heavy (non-hydrogen) atoms. The zero-order chi connectivity index (χ0) is 11.3. The number of alkyl halides is 1. The summed E-state index contributed by atoms with van der Waals surface area (Å²) in [6.45, 7) is 5.91. The molecule has 0 aromatic carbocycles. The van der Waals surface area contributed by atoms with E-state index in [1.807, 2.05) is 18.7 Å². The van der Waals surface area contributed by atoms with Gasteiger partial charge in [-0.3, -0.25) is 9.69 Å². The molecule has 1 aliphatic heterocycles. The number of hydrogen-bond acceptors (Lipinski definition) is 4. The van der Waals surface area contributed by atoms with E-state index >= 15 is 0 Å². The van der Waals surface area contributed by atoms with E-state index in [1.165, 1.54) is 0 Å². The lowest BCUT2D eigenvalue weighted by Crippen LogP contribution is -2.42. The standard InChI is InChI=1S/C10H19FN2O2/c1-8(2)13(6-15-7-14)5-10-3-9(11)4-12-10/h7-10,12H,3-6H2,1-2H3. The van der Waals surface area contributed by atoms with Crippen LogP contribution in [0.3, 0.4) is 0 Å². The molecule has 0 radical (unpaired) electrons. The van der Waals surface area contributed by atoms with Crippen molar-refractivity contribution in [1.29, 1.82) is 0 Å². The number of nitrogens with zero attached hydrogens (tertiary/aromatic N) is 1. The van der Waals surface area contributed by atoms with Crippen molar-refractivity contribution in [3.63, 3.8) is 0 Å². The minimum Gasteiger partial charge on any atom is -0.452 e. The van der Waals surface area contributed by atoms with Gasteiger partial charge in [0.05, 0.1) is 0 Å². The molecule has 0 spiro atoms. The van der Waals surface area contributed by atoms with Crippen molar-refractivity contribution in [1.82, 2.24) is 10.2 Å². The summed E-state index contributed by atoms with van der Waals surface area (Å²) in [4.78, 5) is 12.1. The highest BCUT2D eigenvalue weighted by atomic mass is 19.1. The SMILES string of the molecule is CC(C)N(COC=O)CC1CC(F)CN1. The summed E-state index contributed by atoms with van der Waals surface area (Å²) in [5.74, 6) is 0. The van der Waals surface area contributed by atoms with E-state index in [0.717, 1.165) is 0 Å². The molecule has 0 aliphatic carbocycles. The molecule has 4 nitrogen and oxygen atoms in total. The summed E-state index contributed by atoms with van der Waals surface area (Å²) in [6, 6.07) is 0.447. The molecular weight excluding hydrogens is 199 g/mol. The Labute approximate surface area is 89.8 Å². The number of hydrogen-bond donors (Lipinski definition) is 1. The van der Waals surface area contributed by atoms with Gasteiger partial charge in [0.15, 0.2) is 0 Å². The van der Waals surface area contributed by atoms with Crippen molar-refractivity contribution >= 4 is 6.47 Å². The lowest BCUT2D eigenvalue weighted by atomic mass is 10.2. The third-order valence-electron chi connectivity index (χ3n) is 2.66. The lowest BCUT2D eigenvalue weighted by Gasteiger charge is -2.27. The van der Waals surface area contributed by atoms with E-state index in [2.05, 4.69) is 5.32 Å². The van der Waals surface area contributed by atoms with Crippen LogP contribution >= 0.6 is 0 Å². The van der Waals surface area contributed by atoms with Crippen LogP contribution in [0.1, 0.15) is 20.3 Å². The molecule has 0 aromatic heterocycles. The number of nitrogens with one attached hydrogen (secondary N) is 1. The fourth-order valence-corrected chi connectivity index (χ4v) is 1.73. The Morgan fingerprint density at radius 3 is 2.87 bits per heavy atom. The number of rotatable bonds is 6. The molecule has 0 aromatic rings. The molecular formula is C10H19FN2O2. The second kappa shape index (κ2) is 6.02. The summed E-state index contributed by atoms with van der Waals surface area (Å²) in [5, 5.41) is 3.11. The Morgan fingerprint density at radius 1 is 1.67 bits per heavy atom. The summed E-state index contributed by atoms with van der Waals surface area (Å²) >= 11 is 0. The van der Waals surface area contributed by atoms with Crippen LogP contribution in [0.5, 0.6) is 0 Å². The first-order chi connectivity index (χ1) is 7.13. The summed E-state index contributed by atoms with van der Waals surface area (Å²) < 4.78 is 17.6. The molecule has 1 heterocycles. The highest BCUT2D eigenvalue weighted by Crippen LogP contribution is 2.12. The van der Waals surface area contributed by atoms with Gasteiger partial charge in [-0.1, -0.05) is 0 Å². The Morgan fingerprint density at radius 2 is 2.40 bits per heavy atom. The van der Waals surface area contributed by atoms with Crippen LogP contribution in [0.4, 0.5) is 4.39 Å². The number of carbonyl (C=O) groups is 1. The normalized spacial score (nSPS) is 26.2. The van der Waals surface area contributed by atoms with Crippen molar-refractivity contribution in [2.24, 2.45) is 0 Å². The van der Waals surface area contributed by atoms with Crippen molar-refractivity contribution in [3.8, 4) is 0 Å². The highest BCUT2D eigenvalue weighted by Gasteiger charge is 2.26. The molecule has 0 amide bonds. The van der Waals surface area contributed by atoms with Crippen LogP contribution in [-0.4, -0.2) is 49.4 Å². The van der Waals surface area contributed by atoms with Crippen molar-refractivity contribution in [3.05, 3.63) is 0 Å². The van der Waals surface area contributed by atoms with E-state index in [0.29, 0.717) is 26.0 Å². The van der Waals surface area contributed by atoms with E-state index in [1.54, 1.807) is 0 Å². The van der Waals surface area contributed by atoms with Gasteiger partial charge in [-0.05, 0) is 20.3 Å². The fraction of sp³-hybridized carbons (Fsp3) is 0.900. The molecule has 5 heteroatoms. The van der Waals surface area contributed by atoms with Gasteiger partial charge >= 0.3 is 0 Å². The molecule has 0 saturated carbocycles. The molecule has 0 bridgehead atoms. The quantitative estimate of drug-likeness (QED) is 0.521. The summed E-state index contributed by atoms with van der Waals surface area (Å²) in [5.41, 5.74) is 0. The van der Waals surface area contributed by atoms with E-state index < -0.39 is 6.17 Å². The first-order valence-corrected chi connectivity index (χ1v) is 5.30. The molecule has 1 saturated heterocycles. The predicted molar refractivity (Wildman–Crippen MR) is 55.2 cm³/mol. The van der Waals surface area contributed by atoms with Crippen molar-refractivity contribution < 1.29 is 13.9 Å². The van der Waals surface area contributed by atoms with Gasteiger partial charge in [-0.2, -0.15) is 0 Å². The predicted octanol–water partition coefficient (Wildman–Crippen LogP) is 0.527. The monoisotopic (exact) mass is 218 g/mol. The highest BCUT2D eigenvalue weighted by molar-refractivity contribution is 5.36. The molecule has 1 N–H and O–H groups in total. The van der Waals surface area contributed by atoms with Gasteiger partial charge in [0.25, 0.3) is 6.47 Å². The van der Waals surface area contributed by atoms with Crippen LogP contribution in [0.15, 0.2) is 0 Å². The van der Waals surface area contributed by atoms with E-state index in [9.17, 15) is 9.18 Å². The average molecular weight is 218 g/mol. The zero-order valence-electron chi connectivity index (χ0n) is 9.28. The second-order valence-corrected chi connectivity index (χ2v) is 4.20. The molecule has 2 unspecified atom stereocenters. The third-order valence-corrected chi connectivity index (χ3v) is 2.66. The first kappa shape index (κ1) is 12.4. The largest absolute Gasteiger partial charge is 0.452 e. The minimum atomic E-state index is -0.740. The maximum Gasteiger partial charge on any atom is 0.294 e. The summed E-state index contributed by atoms with van der Waals surface area (Å²) in [6.07, 6.45) is -0.194.